The molecule has 5 heterocycles. The van der Waals surface area contributed by atoms with Gasteiger partial charge in [0.05, 0.1) is 24.6 Å². The fourth-order valence-electron chi connectivity index (χ4n) is 3.36. The molecule has 4 aromatic heterocycles. The zero-order chi connectivity index (χ0) is 17.0. The second kappa shape index (κ2) is 5.28. The van der Waals surface area contributed by atoms with E-state index in [4.69, 9.17) is 14.8 Å². The molecule has 0 bridgehead atoms. The first-order valence-corrected chi connectivity index (χ1v) is 8.24. The monoisotopic (exact) mass is 338 g/mol. The third-order valence-electron chi connectivity index (χ3n) is 4.71. The minimum Gasteiger partial charge on any atom is -0.381 e. The quantitative estimate of drug-likeness (QED) is 0.560. The van der Waals surface area contributed by atoms with Crippen LogP contribution in [0.2, 0.25) is 0 Å². The second-order valence-electron chi connectivity index (χ2n) is 6.31. The summed E-state index contributed by atoms with van der Waals surface area (Å²) in [6.07, 6.45) is 8.44. The lowest BCUT2D eigenvalue weighted by Gasteiger charge is -2.05. The molecule has 0 amide bonds. The van der Waals surface area contributed by atoms with E-state index in [0.717, 1.165) is 41.7 Å². The summed E-state index contributed by atoms with van der Waals surface area (Å²) in [5.74, 6) is 2.67. The van der Waals surface area contributed by atoms with Crippen molar-refractivity contribution in [2.75, 3.05) is 13.2 Å². The number of fused-ring (bicyclic) bond motifs is 1. The number of imidazole rings is 1. The molecule has 128 valence electrons. The average molecular weight is 338 g/mol. The van der Waals surface area contributed by atoms with E-state index in [9.17, 15) is 0 Å². The van der Waals surface area contributed by atoms with E-state index < -0.39 is 0 Å². The predicted octanol–water partition coefficient (Wildman–Crippen LogP) is 1.16. The summed E-state index contributed by atoms with van der Waals surface area (Å²) in [5.41, 5.74) is 1.91. The molecule has 25 heavy (non-hydrogen) atoms. The highest BCUT2D eigenvalue weighted by Gasteiger charge is 2.26. The van der Waals surface area contributed by atoms with Crippen LogP contribution in [0.15, 0.2) is 30.9 Å². The van der Waals surface area contributed by atoms with E-state index in [-0.39, 0.29) is 5.92 Å². The first-order valence-electron chi connectivity index (χ1n) is 8.24. The number of aryl methyl sites for hydroxylation is 2. The molecule has 9 heteroatoms. The molecule has 1 unspecified atom stereocenters. The van der Waals surface area contributed by atoms with Gasteiger partial charge in [0.2, 0.25) is 0 Å². The minimum absolute atomic E-state index is 0.229. The number of rotatable bonds is 3. The van der Waals surface area contributed by atoms with Crippen molar-refractivity contribution in [1.82, 2.24) is 38.7 Å². The maximum atomic E-state index is 5.52. The zero-order valence-corrected chi connectivity index (χ0v) is 14.1. The van der Waals surface area contributed by atoms with Crippen LogP contribution in [0.3, 0.4) is 0 Å². The summed E-state index contributed by atoms with van der Waals surface area (Å²) in [6.45, 7) is 1.43. The summed E-state index contributed by atoms with van der Waals surface area (Å²) in [4.78, 5) is 4.87. The van der Waals surface area contributed by atoms with E-state index in [1.54, 1.807) is 10.9 Å². The highest BCUT2D eigenvalue weighted by atomic mass is 16.5. The van der Waals surface area contributed by atoms with Crippen molar-refractivity contribution in [3.8, 4) is 17.2 Å². The molecule has 1 aliphatic rings. The van der Waals surface area contributed by atoms with Gasteiger partial charge in [-0.05, 0) is 6.42 Å². The summed E-state index contributed by atoms with van der Waals surface area (Å²) >= 11 is 0. The minimum atomic E-state index is 0.229. The summed E-state index contributed by atoms with van der Waals surface area (Å²) in [7, 11) is 3.90. The van der Waals surface area contributed by atoms with Gasteiger partial charge in [0.25, 0.3) is 0 Å². The third kappa shape index (κ3) is 2.12. The summed E-state index contributed by atoms with van der Waals surface area (Å²) < 4.78 is 13.0. The van der Waals surface area contributed by atoms with Crippen LogP contribution in [0.1, 0.15) is 18.2 Å². The number of hydrogen-bond acceptors (Lipinski definition) is 5. The van der Waals surface area contributed by atoms with Crippen molar-refractivity contribution in [3.05, 3.63) is 36.7 Å². The standard InChI is InChI=1S/C16H18N8O/c1-21-6-7-23-16(21)12(9-18-23)15-19-14(11-4-8-25-10-11)20-24(15)13-3-5-17-22(13)2/h3,5-7,9,11H,4,8,10H2,1-2H3. The van der Waals surface area contributed by atoms with Gasteiger partial charge in [0.15, 0.2) is 17.5 Å². The molecule has 0 aromatic carbocycles. The lowest BCUT2D eigenvalue weighted by atomic mass is 10.1. The van der Waals surface area contributed by atoms with Gasteiger partial charge in [0.1, 0.15) is 5.65 Å². The Bertz CT molecular complexity index is 1050. The van der Waals surface area contributed by atoms with Crippen LogP contribution < -0.4 is 0 Å². The van der Waals surface area contributed by atoms with Crippen molar-refractivity contribution >= 4 is 5.65 Å². The molecule has 0 spiro atoms. The van der Waals surface area contributed by atoms with Gasteiger partial charge in [-0.25, -0.2) is 9.50 Å². The smallest absolute Gasteiger partial charge is 0.170 e. The SMILES string of the molecule is Cn1nccc1-n1nc(C2CCOC2)nc1-c1cnn2ccn(C)c12. The lowest BCUT2D eigenvalue weighted by molar-refractivity contribution is 0.193. The van der Waals surface area contributed by atoms with Gasteiger partial charge in [-0.15, -0.1) is 5.10 Å². The number of nitrogens with zero attached hydrogens (tertiary/aromatic N) is 8. The first-order chi connectivity index (χ1) is 12.2. The molecular weight excluding hydrogens is 320 g/mol. The van der Waals surface area contributed by atoms with Crippen molar-refractivity contribution in [2.24, 2.45) is 14.1 Å². The van der Waals surface area contributed by atoms with Crippen LogP contribution in [-0.2, 0) is 18.8 Å². The summed E-state index contributed by atoms with van der Waals surface area (Å²) in [5, 5.41) is 13.5. The fraction of sp³-hybridized carbons (Fsp3) is 0.375. The number of ether oxygens (including phenoxy) is 1. The van der Waals surface area contributed by atoms with Crippen molar-refractivity contribution in [3.63, 3.8) is 0 Å². The molecule has 1 fully saturated rings. The molecular formula is C16H18N8O. The normalized spacial score (nSPS) is 17.8. The van der Waals surface area contributed by atoms with E-state index in [1.807, 2.05) is 52.5 Å². The maximum Gasteiger partial charge on any atom is 0.170 e. The lowest BCUT2D eigenvalue weighted by Crippen LogP contribution is -2.07. The maximum absolute atomic E-state index is 5.52. The Hall–Kier alpha value is -2.94. The van der Waals surface area contributed by atoms with Crippen LogP contribution in [-0.4, -0.2) is 51.9 Å². The highest BCUT2D eigenvalue weighted by molar-refractivity contribution is 5.73. The van der Waals surface area contributed by atoms with Crippen molar-refractivity contribution in [1.29, 1.82) is 0 Å². The Morgan fingerprint density at radius 3 is 2.88 bits per heavy atom. The van der Waals surface area contributed by atoms with Crippen molar-refractivity contribution in [2.45, 2.75) is 12.3 Å². The molecule has 0 radical (unpaired) electrons. The van der Waals surface area contributed by atoms with Gasteiger partial charge in [-0.1, -0.05) is 0 Å². The van der Waals surface area contributed by atoms with Gasteiger partial charge in [-0.2, -0.15) is 14.9 Å². The molecule has 1 aliphatic heterocycles. The molecule has 0 aliphatic carbocycles. The Morgan fingerprint density at radius 2 is 2.12 bits per heavy atom. The second-order valence-corrected chi connectivity index (χ2v) is 6.31. The van der Waals surface area contributed by atoms with Crippen LogP contribution >= 0.6 is 0 Å². The topological polar surface area (TPSA) is 80.0 Å². The average Bonchev–Trinajstić information content (AvgIpc) is 3.37. The van der Waals surface area contributed by atoms with Gasteiger partial charge in [0, 0.05) is 45.1 Å². The molecule has 0 saturated carbocycles. The number of hydrogen-bond donors (Lipinski definition) is 0. The molecule has 5 rings (SSSR count). The molecule has 9 nitrogen and oxygen atoms in total. The summed E-state index contributed by atoms with van der Waals surface area (Å²) in [6, 6.07) is 1.93. The van der Waals surface area contributed by atoms with Crippen molar-refractivity contribution < 1.29 is 4.74 Å². The Balaban J connectivity index is 1.74. The third-order valence-corrected chi connectivity index (χ3v) is 4.71. The van der Waals surface area contributed by atoms with E-state index in [0.29, 0.717) is 6.61 Å². The Labute approximate surface area is 143 Å². The van der Waals surface area contributed by atoms with Gasteiger partial charge in [-0.3, -0.25) is 4.68 Å². The van der Waals surface area contributed by atoms with Crippen LogP contribution in [0.25, 0.3) is 22.9 Å². The predicted molar refractivity (Wildman–Crippen MR) is 89.5 cm³/mol. The van der Waals surface area contributed by atoms with Crippen LogP contribution in [0.4, 0.5) is 0 Å². The van der Waals surface area contributed by atoms with Crippen LogP contribution in [0, 0.1) is 0 Å². The van der Waals surface area contributed by atoms with Gasteiger partial charge >= 0.3 is 0 Å². The largest absolute Gasteiger partial charge is 0.381 e. The highest BCUT2D eigenvalue weighted by Crippen LogP contribution is 2.29. The zero-order valence-electron chi connectivity index (χ0n) is 14.1. The molecule has 4 aromatic rings. The Morgan fingerprint density at radius 1 is 1.20 bits per heavy atom. The Kier molecular flexibility index (Phi) is 3.04. The molecule has 1 atom stereocenters. The fourth-order valence-corrected chi connectivity index (χ4v) is 3.36. The first kappa shape index (κ1) is 14.4. The molecule has 1 saturated heterocycles. The van der Waals surface area contributed by atoms with E-state index in [1.165, 1.54) is 0 Å². The van der Waals surface area contributed by atoms with E-state index in [2.05, 4.69) is 10.2 Å². The van der Waals surface area contributed by atoms with E-state index >= 15 is 0 Å². The van der Waals surface area contributed by atoms with Crippen LogP contribution in [0.5, 0.6) is 0 Å². The molecule has 0 N–H and O–H groups in total. The number of aromatic nitrogens is 8. The van der Waals surface area contributed by atoms with Gasteiger partial charge < -0.3 is 9.30 Å².